The minimum absolute atomic E-state index is 0.0890. The van der Waals surface area contributed by atoms with Crippen molar-refractivity contribution in [2.24, 2.45) is 0 Å². The van der Waals surface area contributed by atoms with Gasteiger partial charge in [-0.15, -0.1) is 0 Å². The Hall–Kier alpha value is -2.04. The van der Waals surface area contributed by atoms with Crippen LogP contribution in [-0.2, 0) is 0 Å². The van der Waals surface area contributed by atoms with E-state index in [1.54, 1.807) is 24.3 Å². The van der Waals surface area contributed by atoms with Crippen LogP contribution in [0.25, 0.3) is 0 Å². The van der Waals surface area contributed by atoms with E-state index in [1.165, 1.54) is 0 Å². The summed E-state index contributed by atoms with van der Waals surface area (Å²) in [7, 11) is 0. The maximum Gasteiger partial charge on any atom is 0.319 e. The number of hydrogen-bond donors (Lipinski definition) is 3. The Balaban J connectivity index is 2.79. The summed E-state index contributed by atoms with van der Waals surface area (Å²) in [6, 6.07) is 6.89. The molecular formula is C16H25N3O2. The number of urea groups is 1. The molecule has 1 aromatic rings. The second kappa shape index (κ2) is 8.29. The summed E-state index contributed by atoms with van der Waals surface area (Å²) >= 11 is 0. The maximum absolute atomic E-state index is 12.2. The maximum atomic E-state index is 12.2. The molecule has 0 aliphatic heterocycles. The molecule has 0 aromatic heterocycles. The monoisotopic (exact) mass is 291 g/mol. The van der Waals surface area contributed by atoms with Gasteiger partial charge in [0.15, 0.2) is 0 Å². The van der Waals surface area contributed by atoms with Gasteiger partial charge in [-0.05, 0) is 38.8 Å². The largest absolute Gasteiger partial charge is 0.350 e. The van der Waals surface area contributed by atoms with Crippen LogP contribution in [0.1, 0.15) is 50.9 Å². The standard InChI is InChI=1S/C16H25N3O2/c1-5-11(3)17-15(20)13-9-7-8-10-14(13)19-16(21)18-12(4)6-2/h7-12H,5-6H2,1-4H3,(H,17,20)(H2,18,19,21)/t11-,12+/m0/s1. The molecule has 3 N–H and O–H groups in total. The number of anilines is 1. The average Bonchev–Trinajstić information content (AvgIpc) is 2.47. The summed E-state index contributed by atoms with van der Waals surface area (Å²) in [5.74, 6) is -0.177. The van der Waals surface area contributed by atoms with Crippen LogP contribution in [0.2, 0.25) is 0 Å². The lowest BCUT2D eigenvalue weighted by Crippen LogP contribution is -2.37. The molecule has 2 atom stereocenters. The van der Waals surface area contributed by atoms with E-state index in [1.807, 2.05) is 27.7 Å². The van der Waals surface area contributed by atoms with Gasteiger partial charge in [0.05, 0.1) is 11.3 Å². The zero-order valence-corrected chi connectivity index (χ0v) is 13.2. The Morgan fingerprint density at radius 3 is 2.19 bits per heavy atom. The lowest BCUT2D eigenvalue weighted by Gasteiger charge is -2.16. The SMILES string of the molecule is CC[C@@H](C)NC(=O)Nc1ccccc1C(=O)N[C@@H](C)CC. The summed E-state index contributed by atoms with van der Waals surface area (Å²) in [6.45, 7) is 7.89. The molecule has 0 spiro atoms. The third-order valence-electron chi connectivity index (χ3n) is 3.40. The summed E-state index contributed by atoms with van der Waals surface area (Å²) in [5, 5.41) is 8.45. The normalized spacial score (nSPS) is 13.1. The fraction of sp³-hybridized carbons (Fsp3) is 0.500. The molecule has 0 saturated carbocycles. The molecule has 0 bridgehead atoms. The molecule has 1 aromatic carbocycles. The van der Waals surface area contributed by atoms with Crippen LogP contribution in [0.4, 0.5) is 10.5 Å². The van der Waals surface area contributed by atoms with E-state index in [0.29, 0.717) is 11.3 Å². The number of carbonyl (C=O) groups excluding carboxylic acids is 2. The first-order chi connectivity index (χ1) is 9.97. The molecule has 0 heterocycles. The molecule has 116 valence electrons. The zero-order chi connectivity index (χ0) is 15.8. The van der Waals surface area contributed by atoms with E-state index < -0.39 is 0 Å². The van der Waals surface area contributed by atoms with Crippen molar-refractivity contribution in [3.8, 4) is 0 Å². The van der Waals surface area contributed by atoms with Crippen molar-refractivity contribution in [3.05, 3.63) is 29.8 Å². The summed E-state index contributed by atoms with van der Waals surface area (Å²) < 4.78 is 0. The van der Waals surface area contributed by atoms with Crippen molar-refractivity contribution in [1.29, 1.82) is 0 Å². The Labute approximate surface area is 126 Å². The molecule has 21 heavy (non-hydrogen) atoms. The number of para-hydroxylation sites is 1. The molecule has 0 saturated heterocycles. The first-order valence-electron chi connectivity index (χ1n) is 7.45. The predicted octanol–water partition coefficient (Wildman–Crippen LogP) is 3.13. The summed E-state index contributed by atoms with van der Waals surface area (Å²) in [4.78, 5) is 24.1. The van der Waals surface area contributed by atoms with Crippen molar-refractivity contribution in [2.75, 3.05) is 5.32 Å². The van der Waals surface area contributed by atoms with Gasteiger partial charge in [0, 0.05) is 12.1 Å². The minimum Gasteiger partial charge on any atom is -0.350 e. The molecular weight excluding hydrogens is 266 g/mol. The van der Waals surface area contributed by atoms with Crippen LogP contribution in [0.5, 0.6) is 0 Å². The van der Waals surface area contributed by atoms with Gasteiger partial charge in [-0.2, -0.15) is 0 Å². The molecule has 1 rings (SSSR count). The first kappa shape index (κ1) is 17.0. The number of nitrogens with one attached hydrogen (secondary N) is 3. The highest BCUT2D eigenvalue weighted by molar-refractivity contribution is 6.03. The second-order valence-electron chi connectivity index (χ2n) is 5.24. The second-order valence-corrected chi connectivity index (χ2v) is 5.24. The van der Waals surface area contributed by atoms with E-state index in [4.69, 9.17) is 0 Å². The van der Waals surface area contributed by atoms with Crippen LogP contribution in [0.3, 0.4) is 0 Å². The van der Waals surface area contributed by atoms with Crippen LogP contribution in [-0.4, -0.2) is 24.0 Å². The Morgan fingerprint density at radius 2 is 1.57 bits per heavy atom. The van der Waals surface area contributed by atoms with Crippen LogP contribution >= 0.6 is 0 Å². The van der Waals surface area contributed by atoms with Crippen molar-refractivity contribution >= 4 is 17.6 Å². The molecule has 5 nitrogen and oxygen atoms in total. The molecule has 0 unspecified atom stereocenters. The topological polar surface area (TPSA) is 70.2 Å². The number of hydrogen-bond acceptors (Lipinski definition) is 2. The number of benzene rings is 1. The highest BCUT2D eigenvalue weighted by Gasteiger charge is 2.14. The summed E-state index contributed by atoms with van der Waals surface area (Å²) in [6.07, 6.45) is 1.71. The molecule has 0 aliphatic carbocycles. The van der Waals surface area contributed by atoms with Gasteiger partial charge in [0.1, 0.15) is 0 Å². The van der Waals surface area contributed by atoms with E-state index in [9.17, 15) is 9.59 Å². The van der Waals surface area contributed by atoms with Gasteiger partial charge < -0.3 is 16.0 Å². The van der Waals surface area contributed by atoms with Crippen molar-refractivity contribution in [2.45, 2.75) is 52.6 Å². The van der Waals surface area contributed by atoms with Crippen molar-refractivity contribution in [1.82, 2.24) is 10.6 Å². The Kier molecular flexibility index (Phi) is 6.72. The molecule has 5 heteroatoms. The first-order valence-corrected chi connectivity index (χ1v) is 7.45. The number of amides is 3. The third-order valence-corrected chi connectivity index (χ3v) is 3.40. The van der Waals surface area contributed by atoms with Gasteiger partial charge in [-0.3, -0.25) is 4.79 Å². The smallest absolute Gasteiger partial charge is 0.319 e. The van der Waals surface area contributed by atoms with Crippen LogP contribution in [0.15, 0.2) is 24.3 Å². The number of carbonyl (C=O) groups is 2. The predicted molar refractivity (Wildman–Crippen MR) is 85.6 cm³/mol. The Morgan fingerprint density at radius 1 is 1.00 bits per heavy atom. The van der Waals surface area contributed by atoms with E-state index >= 15 is 0 Å². The van der Waals surface area contributed by atoms with Crippen molar-refractivity contribution < 1.29 is 9.59 Å². The molecule has 0 radical (unpaired) electrons. The fourth-order valence-electron chi connectivity index (χ4n) is 1.68. The van der Waals surface area contributed by atoms with Gasteiger partial charge >= 0.3 is 6.03 Å². The number of rotatable bonds is 6. The van der Waals surface area contributed by atoms with Gasteiger partial charge in [-0.25, -0.2) is 4.79 Å². The lowest BCUT2D eigenvalue weighted by molar-refractivity contribution is 0.0940. The molecule has 0 aliphatic rings. The van der Waals surface area contributed by atoms with Gasteiger partial charge in [0.25, 0.3) is 5.91 Å². The molecule has 0 fully saturated rings. The van der Waals surface area contributed by atoms with E-state index in [0.717, 1.165) is 12.8 Å². The van der Waals surface area contributed by atoms with Crippen LogP contribution in [0, 0.1) is 0 Å². The van der Waals surface area contributed by atoms with Gasteiger partial charge in [-0.1, -0.05) is 26.0 Å². The average molecular weight is 291 g/mol. The Bertz CT molecular complexity index is 488. The van der Waals surface area contributed by atoms with Crippen molar-refractivity contribution in [3.63, 3.8) is 0 Å². The van der Waals surface area contributed by atoms with Crippen LogP contribution < -0.4 is 16.0 Å². The highest BCUT2D eigenvalue weighted by Crippen LogP contribution is 2.15. The van der Waals surface area contributed by atoms with E-state index in [2.05, 4.69) is 16.0 Å². The zero-order valence-electron chi connectivity index (χ0n) is 13.2. The third kappa shape index (κ3) is 5.45. The quantitative estimate of drug-likeness (QED) is 0.753. The fourth-order valence-corrected chi connectivity index (χ4v) is 1.68. The van der Waals surface area contributed by atoms with E-state index in [-0.39, 0.29) is 24.0 Å². The highest BCUT2D eigenvalue weighted by atomic mass is 16.2. The molecule has 3 amide bonds. The minimum atomic E-state index is -0.298. The van der Waals surface area contributed by atoms with Gasteiger partial charge in [0.2, 0.25) is 0 Å². The summed E-state index contributed by atoms with van der Waals surface area (Å²) in [5.41, 5.74) is 0.983. The lowest BCUT2D eigenvalue weighted by atomic mass is 10.1.